The summed E-state index contributed by atoms with van der Waals surface area (Å²) in [5, 5.41) is 5.96. The number of benzene rings is 1. The molecule has 0 spiro atoms. The zero-order valence-electron chi connectivity index (χ0n) is 14.3. The molecule has 2 aromatic rings. The summed E-state index contributed by atoms with van der Waals surface area (Å²) in [6, 6.07) is 8.18. The Hall–Kier alpha value is -2.50. The van der Waals surface area contributed by atoms with E-state index < -0.39 is 0 Å². The molecule has 24 heavy (non-hydrogen) atoms. The molecule has 0 saturated heterocycles. The molecule has 0 saturated carbocycles. The quantitative estimate of drug-likeness (QED) is 0.819. The van der Waals surface area contributed by atoms with Crippen LogP contribution in [0.4, 0.5) is 10.2 Å². The van der Waals surface area contributed by atoms with E-state index in [0.29, 0.717) is 41.8 Å². The number of anilines is 1. The zero-order chi connectivity index (χ0) is 17.5. The molecule has 0 atom stereocenters. The van der Waals surface area contributed by atoms with Crippen LogP contribution in [0.3, 0.4) is 0 Å². The number of aromatic nitrogens is 2. The van der Waals surface area contributed by atoms with Crippen molar-refractivity contribution in [1.82, 2.24) is 15.3 Å². The molecule has 2 rings (SSSR count). The molecule has 1 amide bonds. The van der Waals surface area contributed by atoms with Crippen molar-refractivity contribution in [3.05, 3.63) is 53.2 Å². The number of nitrogens with zero attached hydrogens (tertiary/aromatic N) is 2. The van der Waals surface area contributed by atoms with Gasteiger partial charge in [-0.1, -0.05) is 32.0 Å². The Balaban J connectivity index is 1.95. The van der Waals surface area contributed by atoms with Gasteiger partial charge in [-0.05, 0) is 30.9 Å². The minimum atomic E-state index is -0.288. The van der Waals surface area contributed by atoms with Gasteiger partial charge in [0, 0.05) is 19.2 Å². The second-order valence-electron chi connectivity index (χ2n) is 6.06. The van der Waals surface area contributed by atoms with E-state index in [0.717, 1.165) is 6.54 Å². The number of hydrogen-bond donors (Lipinski definition) is 2. The summed E-state index contributed by atoms with van der Waals surface area (Å²) in [6.45, 7) is 7.05. The van der Waals surface area contributed by atoms with Gasteiger partial charge in [-0.15, -0.1) is 0 Å². The zero-order valence-corrected chi connectivity index (χ0v) is 14.3. The first-order chi connectivity index (χ1) is 11.5. The van der Waals surface area contributed by atoms with Crippen molar-refractivity contribution in [2.24, 2.45) is 5.92 Å². The number of carbonyl (C=O) groups is 1. The smallest absolute Gasteiger partial charge is 0.270 e. The summed E-state index contributed by atoms with van der Waals surface area (Å²) in [5.74, 6) is 1.09. The topological polar surface area (TPSA) is 66.9 Å². The third-order valence-corrected chi connectivity index (χ3v) is 3.40. The summed E-state index contributed by atoms with van der Waals surface area (Å²) in [4.78, 5) is 20.7. The van der Waals surface area contributed by atoms with Gasteiger partial charge in [0.15, 0.2) is 0 Å². The summed E-state index contributed by atoms with van der Waals surface area (Å²) >= 11 is 0. The number of halogens is 1. The van der Waals surface area contributed by atoms with Crippen LogP contribution in [0.1, 0.15) is 35.7 Å². The van der Waals surface area contributed by atoms with Crippen molar-refractivity contribution in [2.45, 2.75) is 27.2 Å². The predicted molar refractivity (Wildman–Crippen MR) is 92.5 cm³/mol. The summed E-state index contributed by atoms with van der Waals surface area (Å²) in [6.07, 6.45) is 0.431. The molecule has 0 bridgehead atoms. The van der Waals surface area contributed by atoms with Gasteiger partial charge in [-0.25, -0.2) is 14.4 Å². The van der Waals surface area contributed by atoms with E-state index in [2.05, 4.69) is 34.4 Å². The normalized spacial score (nSPS) is 10.7. The fourth-order valence-corrected chi connectivity index (χ4v) is 2.19. The average molecular weight is 330 g/mol. The highest BCUT2D eigenvalue weighted by Gasteiger charge is 2.11. The van der Waals surface area contributed by atoms with Gasteiger partial charge in [0.05, 0.1) is 0 Å². The SMILES string of the molecule is Cc1nc(NCC(C)C)cc(C(=O)NCCc2ccccc2F)n1. The van der Waals surface area contributed by atoms with Gasteiger partial charge in [0.2, 0.25) is 0 Å². The predicted octanol–water partition coefficient (Wildman–Crippen LogP) is 2.96. The van der Waals surface area contributed by atoms with Crippen LogP contribution in [-0.2, 0) is 6.42 Å². The van der Waals surface area contributed by atoms with E-state index in [1.54, 1.807) is 31.2 Å². The van der Waals surface area contributed by atoms with Crippen molar-refractivity contribution in [3.8, 4) is 0 Å². The van der Waals surface area contributed by atoms with E-state index >= 15 is 0 Å². The Bertz CT molecular complexity index is 703. The third-order valence-electron chi connectivity index (χ3n) is 3.40. The molecule has 0 unspecified atom stereocenters. The molecule has 0 aliphatic heterocycles. The average Bonchev–Trinajstić information content (AvgIpc) is 2.54. The fourth-order valence-electron chi connectivity index (χ4n) is 2.19. The molecule has 1 aromatic carbocycles. The standard InChI is InChI=1S/C18H23FN4O/c1-12(2)11-21-17-10-16(22-13(3)23-17)18(24)20-9-8-14-6-4-5-7-15(14)19/h4-7,10,12H,8-9,11H2,1-3H3,(H,20,24)(H,21,22,23). The van der Waals surface area contributed by atoms with Crippen LogP contribution in [0, 0.1) is 18.7 Å². The van der Waals surface area contributed by atoms with Crippen LogP contribution in [0.15, 0.2) is 30.3 Å². The van der Waals surface area contributed by atoms with E-state index in [1.807, 2.05) is 0 Å². The molecule has 6 heteroatoms. The van der Waals surface area contributed by atoms with Crippen molar-refractivity contribution in [1.29, 1.82) is 0 Å². The number of nitrogens with one attached hydrogen (secondary N) is 2. The van der Waals surface area contributed by atoms with Gasteiger partial charge in [-0.2, -0.15) is 0 Å². The van der Waals surface area contributed by atoms with E-state index in [1.165, 1.54) is 6.07 Å². The first-order valence-corrected chi connectivity index (χ1v) is 8.07. The van der Waals surface area contributed by atoms with E-state index in [4.69, 9.17) is 0 Å². The molecular formula is C18H23FN4O. The molecule has 0 aliphatic carbocycles. The van der Waals surface area contributed by atoms with Gasteiger partial charge in [0.1, 0.15) is 23.2 Å². The molecule has 5 nitrogen and oxygen atoms in total. The van der Waals surface area contributed by atoms with E-state index in [-0.39, 0.29) is 11.7 Å². The maximum Gasteiger partial charge on any atom is 0.270 e. The van der Waals surface area contributed by atoms with Gasteiger partial charge >= 0.3 is 0 Å². The van der Waals surface area contributed by atoms with Crippen LogP contribution in [0.2, 0.25) is 0 Å². The van der Waals surface area contributed by atoms with Crippen molar-refractivity contribution >= 4 is 11.7 Å². The lowest BCUT2D eigenvalue weighted by molar-refractivity contribution is 0.0948. The highest BCUT2D eigenvalue weighted by Crippen LogP contribution is 2.09. The molecule has 0 radical (unpaired) electrons. The van der Waals surface area contributed by atoms with Gasteiger partial charge in [-0.3, -0.25) is 4.79 Å². The van der Waals surface area contributed by atoms with Crippen LogP contribution in [0.25, 0.3) is 0 Å². The third kappa shape index (κ3) is 5.30. The number of amides is 1. The van der Waals surface area contributed by atoms with Crippen LogP contribution in [0.5, 0.6) is 0 Å². The van der Waals surface area contributed by atoms with Crippen LogP contribution in [-0.4, -0.2) is 29.0 Å². The largest absolute Gasteiger partial charge is 0.370 e. The number of rotatable bonds is 7. The molecule has 1 heterocycles. The monoisotopic (exact) mass is 330 g/mol. The summed E-state index contributed by atoms with van der Waals surface area (Å²) in [5.41, 5.74) is 0.887. The van der Waals surface area contributed by atoms with Crippen molar-refractivity contribution < 1.29 is 9.18 Å². The molecule has 2 N–H and O–H groups in total. The second kappa shape index (κ2) is 8.38. The maximum absolute atomic E-state index is 13.6. The van der Waals surface area contributed by atoms with Crippen LogP contribution >= 0.6 is 0 Å². The Morgan fingerprint density at radius 1 is 1.25 bits per heavy atom. The minimum Gasteiger partial charge on any atom is -0.370 e. The molecule has 128 valence electrons. The maximum atomic E-state index is 13.6. The highest BCUT2D eigenvalue weighted by atomic mass is 19.1. The fraction of sp³-hybridized carbons (Fsp3) is 0.389. The lowest BCUT2D eigenvalue weighted by Crippen LogP contribution is -2.27. The van der Waals surface area contributed by atoms with Crippen LogP contribution < -0.4 is 10.6 Å². The molecule has 0 fully saturated rings. The first kappa shape index (κ1) is 17.8. The van der Waals surface area contributed by atoms with Crippen molar-refractivity contribution in [2.75, 3.05) is 18.4 Å². The Labute approximate surface area is 141 Å². The van der Waals surface area contributed by atoms with Crippen molar-refractivity contribution in [3.63, 3.8) is 0 Å². The first-order valence-electron chi connectivity index (χ1n) is 8.07. The molecular weight excluding hydrogens is 307 g/mol. The number of hydrogen-bond acceptors (Lipinski definition) is 4. The Kier molecular flexibility index (Phi) is 6.23. The lowest BCUT2D eigenvalue weighted by Gasteiger charge is -2.10. The molecule has 0 aliphatic rings. The molecule has 1 aromatic heterocycles. The highest BCUT2D eigenvalue weighted by molar-refractivity contribution is 5.92. The second-order valence-corrected chi connectivity index (χ2v) is 6.06. The number of carbonyl (C=O) groups excluding carboxylic acids is 1. The number of aryl methyl sites for hydroxylation is 1. The Morgan fingerprint density at radius 2 is 2.00 bits per heavy atom. The minimum absolute atomic E-state index is 0.259. The van der Waals surface area contributed by atoms with E-state index in [9.17, 15) is 9.18 Å². The summed E-state index contributed by atoms with van der Waals surface area (Å²) < 4.78 is 13.6. The van der Waals surface area contributed by atoms with Gasteiger partial charge < -0.3 is 10.6 Å². The summed E-state index contributed by atoms with van der Waals surface area (Å²) in [7, 11) is 0. The lowest BCUT2D eigenvalue weighted by atomic mass is 10.1. The Morgan fingerprint density at radius 3 is 2.71 bits per heavy atom. The van der Waals surface area contributed by atoms with Gasteiger partial charge in [0.25, 0.3) is 5.91 Å².